The topological polar surface area (TPSA) is 57.9 Å². The van der Waals surface area contributed by atoms with E-state index in [-0.39, 0.29) is 11.9 Å². The lowest BCUT2D eigenvalue weighted by molar-refractivity contribution is 0.0144. The van der Waals surface area contributed by atoms with Crippen LogP contribution in [0.15, 0.2) is 16.5 Å². The Balaban J connectivity index is 2.52. The predicted octanol–water partition coefficient (Wildman–Crippen LogP) is 1.79. The quantitative estimate of drug-likeness (QED) is 0.548. The highest BCUT2D eigenvalue weighted by atomic mass is 16.5. The number of esters is 1. The zero-order valence-electron chi connectivity index (χ0n) is 9.69. The number of carbonyl (C=O) groups is 1. The molecule has 1 aromatic heterocycles. The van der Waals surface area contributed by atoms with Crippen molar-refractivity contribution in [3.8, 4) is 0 Å². The third-order valence-electron chi connectivity index (χ3n) is 2.07. The molecule has 0 bridgehead atoms. The average Bonchev–Trinajstić information content (AvgIpc) is 2.77. The van der Waals surface area contributed by atoms with E-state index >= 15 is 0 Å². The second kappa shape index (κ2) is 6.30. The molecule has 0 aliphatic rings. The molecular weight excluding hydrogens is 212 g/mol. The van der Waals surface area contributed by atoms with Gasteiger partial charge in [-0.3, -0.25) is 0 Å². The van der Waals surface area contributed by atoms with Crippen LogP contribution in [0.1, 0.15) is 29.3 Å². The molecule has 90 valence electrons. The van der Waals surface area contributed by atoms with Crippen molar-refractivity contribution >= 4 is 5.97 Å². The average molecular weight is 228 g/mol. The van der Waals surface area contributed by atoms with Gasteiger partial charge in [0.15, 0.2) is 0 Å². The summed E-state index contributed by atoms with van der Waals surface area (Å²) in [6.07, 6.45) is -0.214. The Morgan fingerprint density at radius 3 is 2.75 bits per heavy atom. The largest absolute Gasteiger partial charge is 0.463 e. The van der Waals surface area contributed by atoms with Crippen molar-refractivity contribution in [3.63, 3.8) is 0 Å². The molecule has 16 heavy (non-hydrogen) atoms. The molecule has 0 aromatic carbocycles. The number of rotatable bonds is 6. The van der Waals surface area contributed by atoms with Crippen LogP contribution >= 0.6 is 0 Å². The van der Waals surface area contributed by atoms with Crippen LogP contribution in [0.3, 0.4) is 0 Å². The fourth-order valence-electron chi connectivity index (χ4n) is 1.17. The van der Waals surface area contributed by atoms with Crippen LogP contribution in [-0.4, -0.2) is 33.4 Å². The monoisotopic (exact) mass is 228 g/mol. The summed E-state index contributed by atoms with van der Waals surface area (Å²) >= 11 is 0. The van der Waals surface area contributed by atoms with E-state index in [9.17, 15) is 4.79 Å². The fourth-order valence-corrected chi connectivity index (χ4v) is 1.17. The van der Waals surface area contributed by atoms with Crippen molar-refractivity contribution in [2.75, 3.05) is 27.4 Å². The molecule has 1 heterocycles. The van der Waals surface area contributed by atoms with Crippen LogP contribution in [0.5, 0.6) is 0 Å². The molecular formula is C11H16O5. The molecule has 1 aromatic rings. The highest BCUT2D eigenvalue weighted by Crippen LogP contribution is 2.19. The lowest BCUT2D eigenvalue weighted by Gasteiger charge is -2.09. The van der Waals surface area contributed by atoms with Crippen molar-refractivity contribution < 1.29 is 23.4 Å². The zero-order valence-corrected chi connectivity index (χ0v) is 9.69. The van der Waals surface area contributed by atoms with Gasteiger partial charge in [0, 0.05) is 7.11 Å². The van der Waals surface area contributed by atoms with Gasteiger partial charge >= 0.3 is 5.97 Å². The SMILES string of the molecule is COCCOC(C)c1ccc(C(=O)OC)o1. The number of furan rings is 1. The van der Waals surface area contributed by atoms with Gasteiger partial charge in [-0.1, -0.05) is 0 Å². The molecule has 0 saturated heterocycles. The molecule has 0 saturated carbocycles. The first-order valence-electron chi connectivity index (χ1n) is 4.97. The van der Waals surface area contributed by atoms with Crippen molar-refractivity contribution in [2.24, 2.45) is 0 Å². The number of carbonyl (C=O) groups excluding carboxylic acids is 1. The summed E-state index contributed by atoms with van der Waals surface area (Å²) in [5.74, 6) is 0.284. The Labute approximate surface area is 94.3 Å². The number of hydrogen-bond acceptors (Lipinski definition) is 5. The van der Waals surface area contributed by atoms with Crippen molar-refractivity contribution in [2.45, 2.75) is 13.0 Å². The highest BCUT2D eigenvalue weighted by Gasteiger charge is 2.15. The molecule has 1 unspecified atom stereocenters. The van der Waals surface area contributed by atoms with Gasteiger partial charge in [0.05, 0.1) is 20.3 Å². The van der Waals surface area contributed by atoms with Crippen molar-refractivity contribution in [1.82, 2.24) is 0 Å². The van der Waals surface area contributed by atoms with E-state index in [1.54, 1.807) is 19.2 Å². The van der Waals surface area contributed by atoms with Crippen LogP contribution < -0.4 is 0 Å². The molecule has 5 heteroatoms. The van der Waals surface area contributed by atoms with Gasteiger partial charge in [-0.15, -0.1) is 0 Å². The third kappa shape index (κ3) is 3.36. The molecule has 0 fully saturated rings. The first kappa shape index (κ1) is 12.7. The molecule has 0 spiro atoms. The van der Waals surface area contributed by atoms with Crippen LogP contribution in [0.2, 0.25) is 0 Å². The third-order valence-corrected chi connectivity index (χ3v) is 2.07. The smallest absolute Gasteiger partial charge is 0.373 e. The van der Waals surface area contributed by atoms with Gasteiger partial charge in [0.25, 0.3) is 0 Å². The Kier molecular flexibility index (Phi) is 5.01. The molecule has 1 rings (SSSR count). The van der Waals surface area contributed by atoms with Crippen LogP contribution in [0.4, 0.5) is 0 Å². The van der Waals surface area contributed by atoms with E-state index < -0.39 is 5.97 Å². The van der Waals surface area contributed by atoms with E-state index in [1.165, 1.54) is 7.11 Å². The van der Waals surface area contributed by atoms with Crippen LogP contribution in [-0.2, 0) is 14.2 Å². The van der Waals surface area contributed by atoms with Gasteiger partial charge in [-0.2, -0.15) is 0 Å². The van der Waals surface area contributed by atoms with Crippen LogP contribution in [0, 0.1) is 0 Å². The number of methoxy groups -OCH3 is 2. The minimum absolute atomic E-state index is 0.180. The molecule has 0 aliphatic heterocycles. The van der Waals surface area contributed by atoms with Gasteiger partial charge in [0.2, 0.25) is 5.76 Å². The first-order chi connectivity index (χ1) is 7.69. The maximum absolute atomic E-state index is 11.1. The summed E-state index contributed by atoms with van der Waals surface area (Å²) in [6.45, 7) is 2.84. The predicted molar refractivity (Wildman–Crippen MR) is 56.3 cm³/mol. The Bertz CT molecular complexity index is 331. The molecule has 0 N–H and O–H groups in total. The zero-order chi connectivity index (χ0) is 12.0. The lowest BCUT2D eigenvalue weighted by atomic mass is 10.3. The maximum Gasteiger partial charge on any atom is 0.373 e. The maximum atomic E-state index is 11.1. The summed E-state index contributed by atoms with van der Waals surface area (Å²) in [5.41, 5.74) is 0. The minimum atomic E-state index is -0.490. The van der Waals surface area contributed by atoms with Crippen LogP contribution in [0.25, 0.3) is 0 Å². The summed E-state index contributed by atoms with van der Waals surface area (Å²) in [6, 6.07) is 3.26. The molecule has 5 nitrogen and oxygen atoms in total. The summed E-state index contributed by atoms with van der Waals surface area (Å²) < 4.78 is 20.1. The fraction of sp³-hybridized carbons (Fsp3) is 0.545. The lowest BCUT2D eigenvalue weighted by Crippen LogP contribution is -2.05. The van der Waals surface area contributed by atoms with Gasteiger partial charge in [0.1, 0.15) is 11.9 Å². The minimum Gasteiger partial charge on any atom is -0.463 e. The van der Waals surface area contributed by atoms with Crippen molar-refractivity contribution in [1.29, 1.82) is 0 Å². The Hall–Kier alpha value is -1.33. The van der Waals surface area contributed by atoms with Gasteiger partial charge in [-0.25, -0.2) is 4.79 Å². The highest BCUT2D eigenvalue weighted by molar-refractivity contribution is 5.86. The van der Waals surface area contributed by atoms with Gasteiger partial charge < -0.3 is 18.6 Å². The summed E-state index contributed by atoms with van der Waals surface area (Å²) in [5, 5.41) is 0. The second-order valence-electron chi connectivity index (χ2n) is 3.20. The Morgan fingerprint density at radius 1 is 1.38 bits per heavy atom. The van der Waals surface area contributed by atoms with Gasteiger partial charge in [-0.05, 0) is 19.1 Å². The first-order valence-corrected chi connectivity index (χ1v) is 4.97. The van der Waals surface area contributed by atoms with E-state index in [4.69, 9.17) is 13.9 Å². The van der Waals surface area contributed by atoms with E-state index in [0.717, 1.165) is 0 Å². The second-order valence-corrected chi connectivity index (χ2v) is 3.20. The number of hydrogen-bond donors (Lipinski definition) is 0. The molecule has 0 amide bonds. The summed E-state index contributed by atoms with van der Waals surface area (Å²) in [7, 11) is 2.92. The standard InChI is InChI=1S/C11H16O5/c1-8(15-7-6-13-2)9-4-5-10(16-9)11(12)14-3/h4-5,8H,6-7H2,1-3H3. The Morgan fingerprint density at radius 2 is 2.12 bits per heavy atom. The molecule has 0 radical (unpaired) electrons. The van der Waals surface area contributed by atoms with Crippen molar-refractivity contribution in [3.05, 3.63) is 23.7 Å². The summed E-state index contributed by atoms with van der Waals surface area (Å²) in [4.78, 5) is 11.1. The molecule has 0 aliphatic carbocycles. The normalized spacial score (nSPS) is 12.4. The van der Waals surface area contributed by atoms with E-state index in [2.05, 4.69) is 4.74 Å². The number of ether oxygens (including phenoxy) is 3. The molecule has 1 atom stereocenters. The van der Waals surface area contributed by atoms with E-state index in [0.29, 0.717) is 19.0 Å². The van der Waals surface area contributed by atoms with E-state index in [1.807, 2.05) is 6.92 Å².